The Balaban J connectivity index is 1.59. The highest BCUT2D eigenvalue weighted by atomic mass is 32.1. The van der Waals surface area contributed by atoms with Gasteiger partial charge in [-0.25, -0.2) is 4.98 Å². The van der Waals surface area contributed by atoms with E-state index in [1.807, 2.05) is 6.20 Å². The number of nitrogens with zero attached hydrogens (tertiary/aromatic N) is 1. The van der Waals surface area contributed by atoms with Crippen molar-refractivity contribution in [2.24, 2.45) is 0 Å². The molecule has 1 nitrogen and oxygen atoms in total. The van der Waals surface area contributed by atoms with E-state index in [2.05, 4.69) is 98.8 Å². The number of hydrogen-bond donors (Lipinski definition) is 0. The van der Waals surface area contributed by atoms with Crippen molar-refractivity contribution in [3.05, 3.63) is 102 Å². The maximum atomic E-state index is 4.79. The van der Waals surface area contributed by atoms with Gasteiger partial charge in [0, 0.05) is 21.7 Å². The van der Waals surface area contributed by atoms with E-state index in [9.17, 15) is 0 Å². The van der Waals surface area contributed by atoms with E-state index in [0.717, 1.165) is 4.83 Å². The van der Waals surface area contributed by atoms with Crippen molar-refractivity contribution in [2.45, 2.75) is 13.8 Å². The van der Waals surface area contributed by atoms with Crippen molar-refractivity contribution in [1.29, 1.82) is 0 Å². The van der Waals surface area contributed by atoms with Crippen LogP contribution >= 0.6 is 11.3 Å². The molecule has 0 atom stereocenters. The highest BCUT2D eigenvalue weighted by Gasteiger charge is 2.11. The second-order valence-corrected chi connectivity index (χ2v) is 9.16. The number of aryl methyl sites for hydroxylation is 1. The number of fused-ring (bicyclic) bond motifs is 6. The van der Waals surface area contributed by atoms with Crippen LogP contribution in [0.4, 0.5) is 0 Å². The fraction of sp³-hybridized carbons (Fsp3) is 0.0690. The smallest absolute Gasteiger partial charge is 0.124 e. The van der Waals surface area contributed by atoms with Gasteiger partial charge >= 0.3 is 0 Å². The lowest BCUT2D eigenvalue weighted by Gasteiger charge is -2.13. The average molecular weight is 416 g/mol. The largest absolute Gasteiger partial charge is 0.245 e. The quantitative estimate of drug-likeness (QED) is 0.258. The van der Waals surface area contributed by atoms with Gasteiger partial charge in [0.05, 0.1) is 0 Å². The monoisotopic (exact) mass is 415 g/mol. The zero-order valence-electron chi connectivity index (χ0n) is 17.5. The molecule has 0 aliphatic rings. The highest BCUT2D eigenvalue weighted by Crippen LogP contribution is 2.36. The van der Waals surface area contributed by atoms with Gasteiger partial charge in [0.15, 0.2) is 0 Å². The van der Waals surface area contributed by atoms with Crippen molar-refractivity contribution in [1.82, 2.24) is 4.98 Å². The molecule has 148 valence electrons. The number of allylic oxidation sites excluding steroid dienone is 1. The third-order valence-electron chi connectivity index (χ3n) is 6.29. The lowest BCUT2D eigenvalue weighted by atomic mass is 9.91. The predicted octanol–water partition coefficient (Wildman–Crippen LogP) is 8.62. The van der Waals surface area contributed by atoms with Gasteiger partial charge < -0.3 is 0 Å². The van der Waals surface area contributed by atoms with E-state index in [-0.39, 0.29) is 0 Å². The standard InChI is InChI=1S/C29H21NS/c1-18(20-16-27-25-13-7-8-14-28(25)31-29(27)30-17-20)15-26-19(2)21-9-3-4-10-22(21)23-11-5-6-12-24(23)26/h3-17H,1-2H3/b18-15+. The molecule has 4 aromatic carbocycles. The Bertz CT molecular complexity index is 1650. The number of thiophene rings is 1. The minimum atomic E-state index is 1.10. The lowest BCUT2D eigenvalue weighted by molar-refractivity contribution is 1.41. The maximum absolute atomic E-state index is 4.79. The molecule has 2 heteroatoms. The van der Waals surface area contributed by atoms with Gasteiger partial charge in [-0.15, -0.1) is 11.3 Å². The van der Waals surface area contributed by atoms with Crippen LogP contribution in [0.2, 0.25) is 0 Å². The molecular formula is C29H21NS. The number of rotatable bonds is 2. The minimum Gasteiger partial charge on any atom is -0.245 e. The summed E-state index contributed by atoms with van der Waals surface area (Å²) >= 11 is 1.76. The summed E-state index contributed by atoms with van der Waals surface area (Å²) in [5.41, 5.74) is 5.02. The third-order valence-corrected chi connectivity index (χ3v) is 7.39. The second kappa shape index (κ2) is 7.04. The first-order chi connectivity index (χ1) is 15.2. The Kier molecular flexibility index (Phi) is 4.15. The molecule has 0 N–H and O–H groups in total. The molecule has 0 saturated carbocycles. The molecule has 6 aromatic rings. The number of hydrogen-bond acceptors (Lipinski definition) is 2. The van der Waals surface area contributed by atoms with Crippen LogP contribution < -0.4 is 0 Å². The van der Waals surface area contributed by atoms with E-state index < -0.39 is 0 Å². The van der Waals surface area contributed by atoms with Gasteiger partial charge in [0.25, 0.3) is 0 Å². The van der Waals surface area contributed by atoms with Crippen LogP contribution in [-0.2, 0) is 0 Å². The molecule has 0 bridgehead atoms. The van der Waals surface area contributed by atoms with E-state index in [1.54, 1.807) is 11.3 Å². The molecule has 0 spiro atoms. The van der Waals surface area contributed by atoms with Crippen LogP contribution in [0, 0.1) is 6.92 Å². The second-order valence-electron chi connectivity index (χ2n) is 8.13. The van der Waals surface area contributed by atoms with E-state index in [0.29, 0.717) is 0 Å². The molecule has 0 fully saturated rings. The molecule has 0 saturated heterocycles. The molecule has 2 aromatic heterocycles. The normalized spacial score (nSPS) is 12.4. The summed E-state index contributed by atoms with van der Waals surface area (Å²) < 4.78 is 1.29. The van der Waals surface area contributed by atoms with Crippen molar-refractivity contribution in [2.75, 3.05) is 0 Å². The molecular weight excluding hydrogens is 394 g/mol. The molecule has 31 heavy (non-hydrogen) atoms. The first-order valence-electron chi connectivity index (χ1n) is 10.6. The summed E-state index contributed by atoms with van der Waals surface area (Å²) in [5.74, 6) is 0. The molecule has 0 radical (unpaired) electrons. The minimum absolute atomic E-state index is 1.10. The third kappa shape index (κ3) is 2.87. The Morgan fingerprint density at radius 3 is 2.13 bits per heavy atom. The van der Waals surface area contributed by atoms with Crippen molar-refractivity contribution in [3.63, 3.8) is 0 Å². The number of pyridine rings is 1. The number of benzene rings is 4. The van der Waals surface area contributed by atoms with Gasteiger partial charge in [-0.05, 0) is 69.8 Å². The molecule has 6 rings (SSSR count). The molecule has 0 aliphatic heterocycles. The Labute approximate surface area is 185 Å². The van der Waals surface area contributed by atoms with Crippen LogP contribution in [-0.4, -0.2) is 4.98 Å². The van der Waals surface area contributed by atoms with Crippen molar-refractivity contribution < 1.29 is 0 Å². The summed E-state index contributed by atoms with van der Waals surface area (Å²) in [5, 5.41) is 7.77. The first kappa shape index (κ1) is 18.3. The fourth-order valence-electron chi connectivity index (χ4n) is 4.66. The van der Waals surface area contributed by atoms with Gasteiger partial charge in [-0.2, -0.15) is 0 Å². The van der Waals surface area contributed by atoms with E-state index >= 15 is 0 Å². The van der Waals surface area contributed by atoms with Gasteiger partial charge in [-0.1, -0.05) is 72.8 Å². The SMILES string of the molecule is C/C(=C\c1c(C)c2ccccc2c2ccccc12)c1cnc2sc3ccccc3c2c1. The van der Waals surface area contributed by atoms with Crippen molar-refractivity contribution in [3.8, 4) is 0 Å². The van der Waals surface area contributed by atoms with Crippen LogP contribution in [0.5, 0.6) is 0 Å². The summed E-state index contributed by atoms with van der Waals surface area (Å²) in [4.78, 5) is 5.90. The Morgan fingerprint density at radius 1 is 0.742 bits per heavy atom. The maximum Gasteiger partial charge on any atom is 0.124 e. The first-order valence-corrected chi connectivity index (χ1v) is 11.4. The topological polar surface area (TPSA) is 12.9 Å². The van der Waals surface area contributed by atoms with Gasteiger partial charge in [0.2, 0.25) is 0 Å². The molecule has 0 unspecified atom stereocenters. The zero-order chi connectivity index (χ0) is 20.9. The predicted molar refractivity (Wildman–Crippen MR) is 137 cm³/mol. The number of aromatic nitrogens is 1. The van der Waals surface area contributed by atoms with Crippen LogP contribution in [0.15, 0.2) is 85.1 Å². The van der Waals surface area contributed by atoms with Gasteiger partial charge in [-0.3, -0.25) is 0 Å². The van der Waals surface area contributed by atoms with Gasteiger partial charge in [0.1, 0.15) is 4.83 Å². The molecule has 0 aliphatic carbocycles. The lowest BCUT2D eigenvalue weighted by Crippen LogP contribution is -1.90. The molecule has 2 heterocycles. The molecule has 0 amide bonds. The van der Waals surface area contributed by atoms with Crippen molar-refractivity contribution >= 4 is 64.8 Å². The average Bonchev–Trinajstić information content (AvgIpc) is 3.19. The zero-order valence-corrected chi connectivity index (χ0v) is 18.3. The Hall–Kier alpha value is -3.49. The van der Waals surface area contributed by atoms with Crippen LogP contribution in [0.3, 0.4) is 0 Å². The van der Waals surface area contributed by atoms with Crippen LogP contribution in [0.25, 0.3) is 53.5 Å². The fourth-order valence-corrected chi connectivity index (χ4v) is 5.68. The highest BCUT2D eigenvalue weighted by molar-refractivity contribution is 7.25. The summed E-state index contributed by atoms with van der Waals surface area (Å²) in [7, 11) is 0. The summed E-state index contributed by atoms with van der Waals surface area (Å²) in [6.07, 6.45) is 4.35. The summed E-state index contributed by atoms with van der Waals surface area (Å²) in [6, 6.07) is 28.3. The Morgan fingerprint density at radius 2 is 1.35 bits per heavy atom. The van der Waals surface area contributed by atoms with E-state index in [1.165, 1.54) is 59.3 Å². The van der Waals surface area contributed by atoms with Crippen LogP contribution in [0.1, 0.15) is 23.6 Å². The summed E-state index contributed by atoms with van der Waals surface area (Å²) in [6.45, 7) is 4.43. The van der Waals surface area contributed by atoms with E-state index in [4.69, 9.17) is 4.98 Å².